The summed E-state index contributed by atoms with van der Waals surface area (Å²) in [5.74, 6) is -0.116. The second-order valence-corrected chi connectivity index (χ2v) is 7.13. The van der Waals surface area contributed by atoms with Gasteiger partial charge in [-0.1, -0.05) is 48.3 Å². The van der Waals surface area contributed by atoms with Crippen molar-refractivity contribution in [3.8, 4) is 11.8 Å². The third-order valence-electron chi connectivity index (χ3n) is 4.25. The van der Waals surface area contributed by atoms with E-state index in [1.54, 1.807) is 30.3 Å². The number of nitriles is 1. The molecule has 1 N–H and O–H groups in total. The molecule has 1 saturated heterocycles. The first-order valence-electron chi connectivity index (χ1n) is 8.89. The maximum Gasteiger partial charge on any atom is 0.329 e. The largest absolute Gasteiger partial charge is 0.486 e. The predicted octanol–water partition coefficient (Wildman–Crippen LogP) is 4.75. The van der Waals surface area contributed by atoms with Crippen molar-refractivity contribution in [3.63, 3.8) is 0 Å². The molecule has 0 bridgehead atoms. The molecule has 2 aromatic carbocycles. The fourth-order valence-corrected chi connectivity index (χ4v) is 3.48. The van der Waals surface area contributed by atoms with E-state index in [0.717, 1.165) is 4.90 Å². The van der Waals surface area contributed by atoms with Gasteiger partial charge in [-0.3, -0.25) is 9.69 Å². The zero-order valence-corrected chi connectivity index (χ0v) is 17.0. The number of benzene rings is 2. The molecular weight excluding hydrogens is 413 g/mol. The number of halogens is 2. The number of imide groups is 1. The molecule has 0 aliphatic carbocycles. The lowest BCUT2D eigenvalue weighted by atomic mass is 10.1. The molecule has 0 atom stereocenters. The van der Waals surface area contributed by atoms with Crippen LogP contribution in [0.3, 0.4) is 0 Å². The number of rotatable bonds is 6. The smallest absolute Gasteiger partial charge is 0.329 e. The summed E-state index contributed by atoms with van der Waals surface area (Å²) in [6.45, 7) is 2.36. The van der Waals surface area contributed by atoms with Crippen LogP contribution in [0, 0.1) is 11.3 Å². The molecule has 6 nitrogen and oxygen atoms in total. The molecule has 3 rings (SSSR count). The molecule has 148 valence electrons. The molecule has 1 aliphatic heterocycles. The van der Waals surface area contributed by atoms with Gasteiger partial charge < -0.3 is 10.1 Å². The number of hydrogen-bond acceptors (Lipinski definition) is 4. The van der Waals surface area contributed by atoms with E-state index in [0.29, 0.717) is 29.7 Å². The molecule has 1 heterocycles. The van der Waals surface area contributed by atoms with Gasteiger partial charge in [0.05, 0.1) is 21.7 Å². The summed E-state index contributed by atoms with van der Waals surface area (Å²) in [5.41, 5.74) is 1.93. The molecule has 0 saturated carbocycles. The summed E-state index contributed by atoms with van der Waals surface area (Å²) in [6, 6.07) is 11.9. The monoisotopic (exact) mass is 429 g/mol. The first-order valence-corrected chi connectivity index (χ1v) is 9.64. The maximum atomic E-state index is 12.3. The van der Waals surface area contributed by atoms with E-state index in [1.807, 2.05) is 13.0 Å². The summed E-state index contributed by atoms with van der Waals surface area (Å²) >= 11 is 12.6. The van der Waals surface area contributed by atoms with Crippen LogP contribution in [0.4, 0.5) is 4.79 Å². The van der Waals surface area contributed by atoms with Gasteiger partial charge in [-0.2, -0.15) is 5.26 Å². The van der Waals surface area contributed by atoms with Crippen molar-refractivity contribution in [3.05, 3.63) is 68.8 Å². The first-order chi connectivity index (χ1) is 13.9. The third kappa shape index (κ3) is 4.53. The highest BCUT2D eigenvalue weighted by Gasteiger charge is 2.32. The number of carbonyl (C=O) groups excluding carboxylic acids is 2. The maximum absolute atomic E-state index is 12.3. The van der Waals surface area contributed by atoms with Crippen molar-refractivity contribution >= 4 is 41.2 Å². The molecule has 29 heavy (non-hydrogen) atoms. The standard InChI is InChI=1S/C21H17Cl2N3O3/c1-2-7-26-20(27)18(25-21(26)28)10-13-8-16(22)19(17(23)9-13)29-12-15-6-4-3-5-14(15)11-24/h3-6,8-10H,2,7,12H2,1H3,(H,25,28)/b18-10+. The highest BCUT2D eigenvalue weighted by molar-refractivity contribution is 6.37. The van der Waals surface area contributed by atoms with E-state index in [2.05, 4.69) is 11.4 Å². The number of amides is 3. The van der Waals surface area contributed by atoms with Crippen molar-refractivity contribution in [1.29, 1.82) is 5.26 Å². The van der Waals surface area contributed by atoms with Gasteiger partial charge in [0.1, 0.15) is 12.3 Å². The van der Waals surface area contributed by atoms with Crippen LogP contribution in [0.5, 0.6) is 5.75 Å². The SMILES string of the molecule is CCCN1C(=O)N/C(=C/c2cc(Cl)c(OCc3ccccc3C#N)c(Cl)c2)C1=O. The van der Waals surface area contributed by atoms with Gasteiger partial charge in [-0.05, 0) is 36.3 Å². The Kier molecular flexibility index (Phi) is 6.42. The van der Waals surface area contributed by atoms with Crippen molar-refractivity contribution < 1.29 is 14.3 Å². The van der Waals surface area contributed by atoms with Crippen molar-refractivity contribution in [2.45, 2.75) is 20.0 Å². The summed E-state index contributed by atoms with van der Waals surface area (Å²) in [6.07, 6.45) is 2.19. The Hall–Kier alpha value is -3.01. The third-order valence-corrected chi connectivity index (χ3v) is 4.81. The van der Waals surface area contributed by atoms with E-state index < -0.39 is 11.9 Å². The molecule has 0 unspecified atom stereocenters. The van der Waals surface area contributed by atoms with E-state index >= 15 is 0 Å². The van der Waals surface area contributed by atoms with Crippen LogP contribution in [0.2, 0.25) is 10.0 Å². The molecule has 0 spiro atoms. The summed E-state index contributed by atoms with van der Waals surface area (Å²) < 4.78 is 5.73. The summed E-state index contributed by atoms with van der Waals surface area (Å²) in [7, 11) is 0. The highest BCUT2D eigenvalue weighted by Crippen LogP contribution is 2.35. The van der Waals surface area contributed by atoms with Crippen LogP contribution < -0.4 is 10.1 Å². The first kappa shape index (κ1) is 20.7. The molecule has 1 aliphatic rings. The van der Waals surface area contributed by atoms with Crippen LogP contribution in [0.25, 0.3) is 6.08 Å². The molecule has 2 aromatic rings. The molecular formula is C21H17Cl2N3O3. The molecule has 3 amide bonds. The number of nitrogens with one attached hydrogen (secondary N) is 1. The van der Waals surface area contributed by atoms with Gasteiger partial charge in [-0.25, -0.2) is 4.79 Å². The van der Waals surface area contributed by atoms with Crippen molar-refractivity contribution in [2.24, 2.45) is 0 Å². The quantitative estimate of drug-likeness (QED) is 0.530. The van der Waals surface area contributed by atoms with Crippen molar-refractivity contribution in [2.75, 3.05) is 6.54 Å². The summed E-state index contributed by atoms with van der Waals surface area (Å²) in [4.78, 5) is 25.4. The lowest BCUT2D eigenvalue weighted by Crippen LogP contribution is -2.31. The number of ether oxygens (including phenoxy) is 1. The minimum atomic E-state index is -0.448. The number of carbonyl (C=O) groups is 2. The Morgan fingerprint density at radius 3 is 2.55 bits per heavy atom. The van der Waals surface area contributed by atoms with Crippen LogP contribution in [-0.4, -0.2) is 23.4 Å². The van der Waals surface area contributed by atoms with Crippen LogP contribution in [0.1, 0.15) is 30.0 Å². The fraction of sp³-hybridized carbons (Fsp3) is 0.190. The van der Waals surface area contributed by atoms with Gasteiger partial charge in [0, 0.05) is 12.1 Å². The van der Waals surface area contributed by atoms with E-state index in [4.69, 9.17) is 33.2 Å². The summed E-state index contributed by atoms with van der Waals surface area (Å²) in [5, 5.41) is 12.2. The van der Waals surface area contributed by atoms with Gasteiger partial charge in [-0.15, -0.1) is 0 Å². The van der Waals surface area contributed by atoms with E-state index in [-0.39, 0.29) is 28.1 Å². The zero-order chi connectivity index (χ0) is 21.0. The molecule has 8 heteroatoms. The Morgan fingerprint density at radius 2 is 1.90 bits per heavy atom. The Balaban J connectivity index is 1.80. The second kappa shape index (κ2) is 8.99. The number of nitrogens with zero attached hydrogens (tertiary/aromatic N) is 2. The van der Waals surface area contributed by atoms with Gasteiger partial charge in [0.15, 0.2) is 5.75 Å². The Morgan fingerprint density at radius 1 is 1.21 bits per heavy atom. The van der Waals surface area contributed by atoms with Crippen molar-refractivity contribution in [1.82, 2.24) is 10.2 Å². The normalized spacial score (nSPS) is 14.8. The lowest BCUT2D eigenvalue weighted by molar-refractivity contribution is -0.122. The average Bonchev–Trinajstić information content (AvgIpc) is 2.95. The van der Waals surface area contributed by atoms with Gasteiger partial charge in [0.25, 0.3) is 5.91 Å². The fourth-order valence-electron chi connectivity index (χ4n) is 2.87. The average molecular weight is 430 g/mol. The molecule has 0 radical (unpaired) electrons. The van der Waals surface area contributed by atoms with Crippen LogP contribution in [-0.2, 0) is 11.4 Å². The molecule has 1 fully saturated rings. The topological polar surface area (TPSA) is 82.4 Å². The highest BCUT2D eigenvalue weighted by atomic mass is 35.5. The van der Waals surface area contributed by atoms with E-state index in [9.17, 15) is 9.59 Å². The zero-order valence-electron chi connectivity index (χ0n) is 15.5. The number of hydrogen-bond donors (Lipinski definition) is 1. The van der Waals surface area contributed by atoms with E-state index in [1.165, 1.54) is 6.08 Å². The molecule has 0 aromatic heterocycles. The van der Waals surface area contributed by atoms with Gasteiger partial charge in [0.2, 0.25) is 0 Å². The Labute approximate surface area is 178 Å². The minimum absolute atomic E-state index is 0.129. The second-order valence-electron chi connectivity index (χ2n) is 6.32. The minimum Gasteiger partial charge on any atom is -0.486 e. The van der Waals surface area contributed by atoms with Gasteiger partial charge >= 0.3 is 6.03 Å². The predicted molar refractivity (Wildman–Crippen MR) is 110 cm³/mol. The Bertz CT molecular complexity index is 1020. The van der Waals surface area contributed by atoms with Crippen LogP contribution >= 0.6 is 23.2 Å². The number of urea groups is 1. The van der Waals surface area contributed by atoms with Crippen LogP contribution in [0.15, 0.2) is 42.1 Å². The lowest BCUT2D eigenvalue weighted by Gasteiger charge is -2.12.